The lowest BCUT2D eigenvalue weighted by atomic mass is 10.1. The van der Waals surface area contributed by atoms with E-state index in [4.69, 9.17) is 5.73 Å². The number of aromatic amines is 1. The molecule has 2 aromatic heterocycles. The molecule has 1 atom stereocenters. The third kappa shape index (κ3) is 2.36. The lowest BCUT2D eigenvalue weighted by molar-refractivity contribution is 0.0935. The van der Waals surface area contributed by atoms with Gasteiger partial charge in [-0.3, -0.25) is 14.9 Å². The lowest BCUT2D eigenvalue weighted by Crippen LogP contribution is -2.27. The molecule has 0 radical (unpaired) electrons. The van der Waals surface area contributed by atoms with E-state index in [-0.39, 0.29) is 17.6 Å². The topological polar surface area (TPSA) is 96.7 Å². The number of carbonyl (C=O) groups is 1. The summed E-state index contributed by atoms with van der Waals surface area (Å²) in [5.74, 6) is 0.191. The van der Waals surface area contributed by atoms with Crippen LogP contribution in [-0.4, -0.2) is 21.1 Å². The van der Waals surface area contributed by atoms with Crippen LogP contribution in [0.2, 0.25) is 0 Å². The number of nitrogens with one attached hydrogen (secondary N) is 2. The number of nitrogens with zero attached hydrogens (tertiary/aromatic N) is 2. The first-order valence-electron chi connectivity index (χ1n) is 6.71. The molecule has 2 aromatic rings. The van der Waals surface area contributed by atoms with E-state index in [1.807, 2.05) is 19.1 Å². The Balaban J connectivity index is 1.73. The lowest BCUT2D eigenvalue weighted by Gasteiger charge is -2.13. The summed E-state index contributed by atoms with van der Waals surface area (Å²) >= 11 is 0. The zero-order valence-electron chi connectivity index (χ0n) is 11.3. The maximum absolute atomic E-state index is 12.2. The maximum atomic E-state index is 12.2. The molecule has 6 heteroatoms. The molecule has 0 saturated heterocycles. The van der Waals surface area contributed by atoms with Crippen LogP contribution in [0.4, 0.5) is 5.69 Å². The smallest absolute Gasteiger partial charge is 0.274 e. The van der Waals surface area contributed by atoms with Crippen molar-refractivity contribution in [3.63, 3.8) is 0 Å². The van der Waals surface area contributed by atoms with Gasteiger partial charge >= 0.3 is 0 Å². The Kier molecular flexibility index (Phi) is 3.14. The first kappa shape index (κ1) is 12.7. The highest BCUT2D eigenvalue weighted by Crippen LogP contribution is 2.42. The van der Waals surface area contributed by atoms with E-state index in [9.17, 15) is 4.79 Å². The molecule has 2 heterocycles. The quantitative estimate of drug-likeness (QED) is 0.789. The minimum absolute atomic E-state index is 0.119. The Morgan fingerprint density at radius 1 is 1.45 bits per heavy atom. The van der Waals surface area contributed by atoms with Gasteiger partial charge in [0.1, 0.15) is 0 Å². The number of pyridine rings is 1. The number of nitrogens with two attached hydrogens (primary N) is 1. The minimum Gasteiger partial charge on any atom is -0.395 e. The second kappa shape index (κ2) is 4.96. The predicted molar refractivity (Wildman–Crippen MR) is 75.1 cm³/mol. The van der Waals surface area contributed by atoms with Crippen molar-refractivity contribution in [2.24, 2.45) is 0 Å². The van der Waals surface area contributed by atoms with Gasteiger partial charge in [0.05, 0.1) is 17.4 Å². The minimum atomic E-state index is -0.255. The molecule has 0 aromatic carbocycles. The van der Waals surface area contributed by atoms with Gasteiger partial charge in [-0.15, -0.1) is 0 Å². The zero-order valence-corrected chi connectivity index (χ0v) is 11.3. The normalized spacial score (nSPS) is 15.8. The molecule has 20 heavy (non-hydrogen) atoms. The third-order valence-electron chi connectivity index (χ3n) is 3.59. The molecule has 104 valence electrons. The van der Waals surface area contributed by atoms with E-state index >= 15 is 0 Å². The molecular formula is C14H17N5O. The number of H-pyrrole nitrogens is 1. The summed E-state index contributed by atoms with van der Waals surface area (Å²) in [7, 11) is 0. The Bertz CT molecular complexity index is 618. The highest BCUT2D eigenvalue weighted by atomic mass is 16.2. The molecule has 1 fully saturated rings. The van der Waals surface area contributed by atoms with Crippen molar-refractivity contribution < 1.29 is 4.79 Å². The highest BCUT2D eigenvalue weighted by Gasteiger charge is 2.30. The monoisotopic (exact) mass is 271 g/mol. The van der Waals surface area contributed by atoms with E-state index in [0.29, 0.717) is 11.6 Å². The average molecular weight is 271 g/mol. The van der Waals surface area contributed by atoms with Crippen LogP contribution >= 0.6 is 0 Å². The standard InChI is InChI=1S/C14H17N5O/c1-8(9-4-6-16-7-5-9)17-14(20)13-11(15)12(18-19-13)10-2-3-10/h4-8,10H,2-3,15H2,1H3,(H,17,20)(H,18,19). The number of rotatable bonds is 4. The number of nitrogen functional groups attached to an aromatic ring is 1. The van der Waals surface area contributed by atoms with E-state index in [1.54, 1.807) is 12.4 Å². The number of hydrogen-bond donors (Lipinski definition) is 3. The van der Waals surface area contributed by atoms with Crippen LogP contribution in [0.5, 0.6) is 0 Å². The Labute approximate surface area is 116 Å². The van der Waals surface area contributed by atoms with E-state index in [2.05, 4.69) is 20.5 Å². The van der Waals surface area contributed by atoms with Crippen LogP contribution in [-0.2, 0) is 0 Å². The number of aromatic nitrogens is 3. The van der Waals surface area contributed by atoms with Crippen LogP contribution in [0.1, 0.15) is 53.5 Å². The average Bonchev–Trinajstić information content (AvgIpc) is 3.22. The maximum Gasteiger partial charge on any atom is 0.274 e. The summed E-state index contributed by atoms with van der Waals surface area (Å²) in [5, 5.41) is 9.83. The second-order valence-electron chi connectivity index (χ2n) is 5.15. The summed E-state index contributed by atoms with van der Waals surface area (Å²) in [4.78, 5) is 16.2. The first-order valence-corrected chi connectivity index (χ1v) is 6.71. The molecule has 0 aliphatic heterocycles. The van der Waals surface area contributed by atoms with Gasteiger partial charge in [0.2, 0.25) is 0 Å². The molecule has 1 amide bonds. The molecule has 0 bridgehead atoms. The molecule has 1 unspecified atom stereocenters. The fourth-order valence-corrected chi connectivity index (χ4v) is 2.22. The second-order valence-corrected chi connectivity index (χ2v) is 5.15. The van der Waals surface area contributed by atoms with Crippen molar-refractivity contribution in [2.75, 3.05) is 5.73 Å². The van der Waals surface area contributed by atoms with Gasteiger partial charge < -0.3 is 11.1 Å². The van der Waals surface area contributed by atoms with E-state index < -0.39 is 0 Å². The highest BCUT2D eigenvalue weighted by molar-refractivity contribution is 5.98. The Morgan fingerprint density at radius 3 is 2.80 bits per heavy atom. The van der Waals surface area contributed by atoms with Crippen molar-refractivity contribution >= 4 is 11.6 Å². The van der Waals surface area contributed by atoms with Crippen molar-refractivity contribution in [1.82, 2.24) is 20.5 Å². The van der Waals surface area contributed by atoms with Crippen LogP contribution in [0, 0.1) is 0 Å². The fourth-order valence-electron chi connectivity index (χ4n) is 2.22. The van der Waals surface area contributed by atoms with Gasteiger partial charge in [0.25, 0.3) is 5.91 Å². The van der Waals surface area contributed by atoms with Crippen molar-refractivity contribution in [3.05, 3.63) is 41.5 Å². The summed E-state index contributed by atoms with van der Waals surface area (Å²) in [6, 6.07) is 3.62. The zero-order chi connectivity index (χ0) is 14.1. The molecule has 1 aliphatic carbocycles. The molecular weight excluding hydrogens is 254 g/mol. The third-order valence-corrected chi connectivity index (χ3v) is 3.59. The van der Waals surface area contributed by atoms with Crippen LogP contribution in [0.3, 0.4) is 0 Å². The molecule has 1 saturated carbocycles. The SMILES string of the molecule is CC(NC(=O)c1n[nH]c(C2CC2)c1N)c1ccncc1. The molecule has 3 rings (SSSR count). The molecule has 1 aliphatic rings. The number of anilines is 1. The van der Waals surface area contributed by atoms with Crippen molar-refractivity contribution in [3.8, 4) is 0 Å². The Morgan fingerprint density at radius 2 is 2.15 bits per heavy atom. The summed E-state index contributed by atoms with van der Waals surface area (Å²) < 4.78 is 0. The fraction of sp³-hybridized carbons (Fsp3) is 0.357. The largest absolute Gasteiger partial charge is 0.395 e. The first-order chi connectivity index (χ1) is 9.66. The summed E-state index contributed by atoms with van der Waals surface area (Å²) in [6.45, 7) is 1.91. The van der Waals surface area contributed by atoms with Crippen molar-refractivity contribution in [1.29, 1.82) is 0 Å². The van der Waals surface area contributed by atoms with Gasteiger partial charge in [0.15, 0.2) is 5.69 Å². The summed E-state index contributed by atoms with van der Waals surface area (Å²) in [6.07, 6.45) is 5.62. The molecule has 0 spiro atoms. The van der Waals surface area contributed by atoms with Gasteiger partial charge in [0, 0.05) is 18.3 Å². The van der Waals surface area contributed by atoms with Crippen molar-refractivity contribution in [2.45, 2.75) is 31.7 Å². The van der Waals surface area contributed by atoms with Gasteiger partial charge in [-0.05, 0) is 37.5 Å². The van der Waals surface area contributed by atoms with Crippen LogP contribution < -0.4 is 11.1 Å². The number of amides is 1. The van der Waals surface area contributed by atoms with Gasteiger partial charge in [-0.25, -0.2) is 0 Å². The van der Waals surface area contributed by atoms with Gasteiger partial charge in [-0.2, -0.15) is 5.10 Å². The molecule has 4 N–H and O–H groups in total. The summed E-state index contributed by atoms with van der Waals surface area (Å²) in [5.41, 5.74) is 8.64. The van der Waals surface area contributed by atoms with E-state index in [0.717, 1.165) is 24.1 Å². The van der Waals surface area contributed by atoms with Gasteiger partial charge in [-0.1, -0.05) is 0 Å². The van der Waals surface area contributed by atoms with E-state index in [1.165, 1.54) is 0 Å². The number of hydrogen-bond acceptors (Lipinski definition) is 4. The number of carbonyl (C=O) groups excluding carboxylic acids is 1. The molecule has 6 nitrogen and oxygen atoms in total. The predicted octanol–water partition coefficient (Wildman–Crippen LogP) is 1.76. The van der Waals surface area contributed by atoms with Crippen LogP contribution in [0.15, 0.2) is 24.5 Å². The van der Waals surface area contributed by atoms with Crippen LogP contribution in [0.25, 0.3) is 0 Å². The Hall–Kier alpha value is -2.37.